The number of benzene rings is 1. The van der Waals surface area contributed by atoms with Crippen LogP contribution in [0.5, 0.6) is 0 Å². The molecule has 106 valence electrons. The van der Waals surface area contributed by atoms with E-state index in [1.165, 1.54) is 51.4 Å². The molecule has 1 heteroatoms. The summed E-state index contributed by atoms with van der Waals surface area (Å²) < 4.78 is 0. The molecule has 3 fully saturated rings. The Kier molecular flexibility index (Phi) is 3.72. The first-order valence-electron chi connectivity index (χ1n) is 8.51. The maximum absolute atomic E-state index is 2.38. The van der Waals surface area contributed by atoms with Crippen LogP contribution in [0.3, 0.4) is 0 Å². The van der Waals surface area contributed by atoms with E-state index < -0.39 is 0 Å². The Morgan fingerprint density at radius 1 is 0.750 bits per heavy atom. The molecule has 1 heterocycles. The Hall–Kier alpha value is -0.560. The molecular weight excluding hydrogens is 260 g/mol. The Bertz CT molecular complexity index is 418. The summed E-state index contributed by atoms with van der Waals surface area (Å²) in [6, 6.07) is 11.4. The zero-order valence-electron chi connectivity index (χ0n) is 12.3. The minimum Gasteiger partial charge on any atom is -0.151 e. The molecular formula is C19H25S+. The van der Waals surface area contributed by atoms with Crippen LogP contribution in [-0.4, -0.2) is 10.5 Å². The van der Waals surface area contributed by atoms with E-state index >= 15 is 0 Å². The topological polar surface area (TPSA) is 0 Å². The lowest BCUT2D eigenvalue weighted by molar-refractivity contribution is 0.281. The molecule has 4 unspecified atom stereocenters. The third-order valence-electron chi connectivity index (χ3n) is 5.66. The van der Waals surface area contributed by atoms with Gasteiger partial charge in [0.1, 0.15) is 5.56 Å². The molecule has 0 amide bonds. The van der Waals surface area contributed by atoms with Gasteiger partial charge in [0, 0.05) is 40.4 Å². The summed E-state index contributed by atoms with van der Waals surface area (Å²) in [5.74, 6) is 3.63. The second kappa shape index (κ2) is 5.67. The van der Waals surface area contributed by atoms with E-state index in [-0.39, 0.29) is 0 Å². The molecule has 0 aromatic heterocycles. The van der Waals surface area contributed by atoms with Crippen molar-refractivity contribution in [2.75, 3.05) is 0 Å². The Balaban J connectivity index is 1.69. The van der Waals surface area contributed by atoms with E-state index in [1.807, 2.05) is 5.92 Å². The Morgan fingerprint density at radius 2 is 1.30 bits per heavy atom. The fraction of sp³-hybridized carbons (Fsp3) is 0.632. The van der Waals surface area contributed by atoms with Crippen LogP contribution in [0.2, 0.25) is 0 Å². The summed E-state index contributed by atoms with van der Waals surface area (Å²) in [6.45, 7) is 0. The van der Waals surface area contributed by atoms with Crippen molar-refractivity contribution in [2.45, 2.75) is 61.9 Å². The number of thioether (sulfide) groups is 1. The van der Waals surface area contributed by atoms with Crippen LogP contribution in [0.4, 0.5) is 0 Å². The van der Waals surface area contributed by atoms with Gasteiger partial charge in [-0.2, -0.15) is 11.8 Å². The fourth-order valence-corrected chi connectivity index (χ4v) is 6.79. The second-order valence-electron chi connectivity index (χ2n) is 6.82. The van der Waals surface area contributed by atoms with Crippen molar-refractivity contribution in [1.82, 2.24) is 0 Å². The molecule has 1 saturated heterocycles. The van der Waals surface area contributed by atoms with E-state index in [1.54, 1.807) is 5.56 Å². The van der Waals surface area contributed by atoms with Gasteiger partial charge in [-0.1, -0.05) is 25.7 Å². The van der Waals surface area contributed by atoms with Crippen LogP contribution >= 0.6 is 11.8 Å². The van der Waals surface area contributed by atoms with Crippen molar-refractivity contribution in [1.29, 1.82) is 0 Å². The Labute approximate surface area is 127 Å². The molecule has 4 atom stereocenters. The number of fused-ring (bicyclic) bond motifs is 2. The molecule has 2 aliphatic carbocycles. The molecule has 1 aromatic rings. The average Bonchev–Trinajstić information content (AvgIpc) is 2.53. The van der Waals surface area contributed by atoms with E-state index in [4.69, 9.17) is 0 Å². The normalized spacial score (nSPS) is 37.1. The molecule has 1 aliphatic heterocycles. The lowest BCUT2D eigenvalue weighted by Gasteiger charge is -2.47. The van der Waals surface area contributed by atoms with E-state index in [0.29, 0.717) is 0 Å². The first-order chi connectivity index (χ1) is 9.93. The molecule has 0 radical (unpaired) electrons. The third-order valence-corrected chi connectivity index (χ3v) is 7.49. The third kappa shape index (κ3) is 2.28. The van der Waals surface area contributed by atoms with Crippen LogP contribution in [0.15, 0.2) is 30.3 Å². The molecule has 2 saturated carbocycles. The Morgan fingerprint density at radius 3 is 1.90 bits per heavy atom. The van der Waals surface area contributed by atoms with Gasteiger partial charge in [0.2, 0.25) is 0 Å². The molecule has 0 bridgehead atoms. The molecule has 3 aliphatic rings. The van der Waals surface area contributed by atoms with Gasteiger partial charge in [0.25, 0.3) is 0 Å². The monoisotopic (exact) mass is 285 g/mol. The average molecular weight is 285 g/mol. The molecule has 20 heavy (non-hydrogen) atoms. The number of rotatable bonds is 1. The standard InChI is InChI=1S/C19H25S/c1-2-8-14(9-3-1)19-15-10-4-6-12-17(15)20-18-13-7-5-11-16(18)19/h1-3,8-9,15-18H,4-7,10-13H2/q+1. The van der Waals surface area contributed by atoms with Gasteiger partial charge in [-0.05, 0) is 43.9 Å². The predicted molar refractivity (Wildman–Crippen MR) is 87.9 cm³/mol. The SMILES string of the molecule is c1ccc([C+]2C3CCCCC3SC3CCCCC23)cc1. The maximum atomic E-state index is 2.38. The van der Waals surface area contributed by atoms with Gasteiger partial charge < -0.3 is 0 Å². The molecule has 1 aromatic carbocycles. The summed E-state index contributed by atoms with van der Waals surface area (Å²) in [5, 5.41) is 1.86. The largest absolute Gasteiger partial charge is 0.151 e. The lowest BCUT2D eigenvalue weighted by Crippen LogP contribution is -2.44. The van der Waals surface area contributed by atoms with Crippen LogP contribution in [0, 0.1) is 17.8 Å². The summed E-state index contributed by atoms with van der Waals surface area (Å²) in [7, 11) is 0. The molecule has 0 N–H and O–H groups in total. The van der Waals surface area contributed by atoms with Gasteiger partial charge in [-0.3, -0.25) is 0 Å². The van der Waals surface area contributed by atoms with Crippen LogP contribution < -0.4 is 0 Å². The second-order valence-corrected chi connectivity index (χ2v) is 8.30. The fourth-order valence-electron chi connectivity index (χ4n) is 4.79. The van der Waals surface area contributed by atoms with Gasteiger partial charge in [-0.25, -0.2) is 0 Å². The molecule has 0 spiro atoms. The first-order valence-corrected chi connectivity index (χ1v) is 9.45. The zero-order chi connectivity index (χ0) is 13.4. The van der Waals surface area contributed by atoms with Gasteiger partial charge in [0.15, 0.2) is 0 Å². The highest BCUT2D eigenvalue weighted by Gasteiger charge is 2.50. The van der Waals surface area contributed by atoms with Crippen LogP contribution in [0.25, 0.3) is 0 Å². The molecule has 4 rings (SSSR count). The zero-order valence-corrected chi connectivity index (χ0v) is 13.1. The predicted octanol–water partition coefficient (Wildman–Crippen LogP) is 5.47. The van der Waals surface area contributed by atoms with Crippen LogP contribution in [0.1, 0.15) is 56.9 Å². The minimum absolute atomic E-state index is 0.885. The number of hydrogen-bond acceptors (Lipinski definition) is 1. The lowest BCUT2D eigenvalue weighted by atomic mass is 9.66. The quantitative estimate of drug-likeness (QED) is 0.616. The highest BCUT2D eigenvalue weighted by Crippen LogP contribution is 2.56. The van der Waals surface area contributed by atoms with Crippen molar-refractivity contribution in [3.63, 3.8) is 0 Å². The van der Waals surface area contributed by atoms with Crippen LogP contribution in [-0.2, 0) is 0 Å². The van der Waals surface area contributed by atoms with Gasteiger partial charge in [0.05, 0.1) is 0 Å². The number of hydrogen-bond donors (Lipinski definition) is 0. The summed E-state index contributed by atoms with van der Waals surface area (Å²) in [4.78, 5) is 0. The summed E-state index contributed by atoms with van der Waals surface area (Å²) >= 11 is 2.38. The van der Waals surface area contributed by atoms with E-state index in [0.717, 1.165) is 22.3 Å². The van der Waals surface area contributed by atoms with E-state index in [9.17, 15) is 0 Å². The molecule has 0 nitrogen and oxygen atoms in total. The van der Waals surface area contributed by atoms with Crippen molar-refractivity contribution >= 4 is 11.8 Å². The maximum Gasteiger partial charge on any atom is 0.133 e. The minimum atomic E-state index is 0.885. The van der Waals surface area contributed by atoms with Crippen molar-refractivity contribution in [3.8, 4) is 0 Å². The highest BCUT2D eigenvalue weighted by molar-refractivity contribution is 8.00. The van der Waals surface area contributed by atoms with Crippen molar-refractivity contribution in [2.24, 2.45) is 11.8 Å². The van der Waals surface area contributed by atoms with Crippen molar-refractivity contribution in [3.05, 3.63) is 41.8 Å². The van der Waals surface area contributed by atoms with E-state index in [2.05, 4.69) is 42.1 Å². The van der Waals surface area contributed by atoms with Gasteiger partial charge in [-0.15, -0.1) is 0 Å². The van der Waals surface area contributed by atoms with Crippen molar-refractivity contribution < 1.29 is 0 Å². The smallest absolute Gasteiger partial charge is 0.133 e. The highest BCUT2D eigenvalue weighted by atomic mass is 32.2. The summed E-state index contributed by atoms with van der Waals surface area (Å²) in [6.07, 6.45) is 11.7. The van der Waals surface area contributed by atoms with Gasteiger partial charge >= 0.3 is 0 Å². The first kappa shape index (κ1) is 13.1. The summed E-state index contributed by atoms with van der Waals surface area (Å²) in [5.41, 5.74) is 1.57.